The summed E-state index contributed by atoms with van der Waals surface area (Å²) in [5, 5.41) is 8.16. The minimum Gasteiger partial charge on any atom is -0.255 e. The van der Waals surface area contributed by atoms with Crippen molar-refractivity contribution in [3.63, 3.8) is 0 Å². The van der Waals surface area contributed by atoms with Gasteiger partial charge in [0.15, 0.2) is 0 Å². The number of aromatic nitrogens is 3. The van der Waals surface area contributed by atoms with Gasteiger partial charge in [0.2, 0.25) is 0 Å². The fraction of sp³-hybridized carbons (Fsp3) is 0.429. The number of rotatable bonds is 5. The van der Waals surface area contributed by atoms with Crippen LogP contribution in [-0.4, -0.2) is 20.9 Å². The molecule has 1 aromatic carbocycles. The molecule has 0 saturated carbocycles. The Balaban J connectivity index is 2.32. The van der Waals surface area contributed by atoms with Crippen LogP contribution in [0.15, 0.2) is 36.5 Å². The molecule has 96 valence electrons. The van der Waals surface area contributed by atoms with E-state index < -0.39 is 0 Å². The molecule has 3 nitrogen and oxygen atoms in total. The topological polar surface area (TPSA) is 30.7 Å². The maximum Gasteiger partial charge on any atom is 0.0836 e. The van der Waals surface area contributed by atoms with Crippen molar-refractivity contribution in [2.24, 2.45) is 7.05 Å². The molecule has 0 bridgehead atoms. The summed E-state index contributed by atoms with van der Waals surface area (Å²) in [5.74, 6) is 0.587. The van der Waals surface area contributed by atoms with E-state index in [9.17, 15) is 0 Å². The van der Waals surface area contributed by atoms with E-state index in [1.807, 2.05) is 19.3 Å². The Morgan fingerprint density at radius 3 is 2.50 bits per heavy atom. The van der Waals surface area contributed by atoms with Gasteiger partial charge in [0.25, 0.3) is 0 Å². The maximum absolute atomic E-state index is 6.26. The zero-order chi connectivity index (χ0) is 13.0. The van der Waals surface area contributed by atoms with E-state index in [0.717, 1.165) is 18.5 Å². The van der Waals surface area contributed by atoms with E-state index in [1.165, 1.54) is 5.56 Å². The first-order chi connectivity index (χ1) is 8.70. The molecule has 1 unspecified atom stereocenters. The molecule has 2 rings (SSSR count). The molecule has 0 spiro atoms. The van der Waals surface area contributed by atoms with E-state index in [4.69, 9.17) is 11.6 Å². The average Bonchev–Trinajstić information content (AvgIpc) is 2.82. The first-order valence-electron chi connectivity index (χ1n) is 6.17. The maximum atomic E-state index is 6.26. The fourth-order valence-corrected chi connectivity index (χ4v) is 2.70. The molecule has 0 aliphatic heterocycles. The second-order valence-corrected chi connectivity index (χ2v) is 4.96. The smallest absolute Gasteiger partial charge is 0.0836 e. The lowest BCUT2D eigenvalue weighted by Gasteiger charge is -2.30. The van der Waals surface area contributed by atoms with Crippen LogP contribution in [0, 0.1) is 0 Å². The van der Waals surface area contributed by atoms with Gasteiger partial charge in [-0.05, 0) is 12.0 Å². The van der Waals surface area contributed by atoms with Gasteiger partial charge in [-0.2, -0.15) is 0 Å². The van der Waals surface area contributed by atoms with Gasteiger partial charge >= 0.3 is 0 Å². The van der Waals surface area contributed by atoms with Gasteiger partial charge in [0, 0.05) is 31.0 Å². The van der Waals surface area contributed by atoms with Crippen LogP contribution >= 0.6 is 11.6 Å². The van der Waals surface area contributed by atoms with Crippen molar-refractivity contribution in [2.75, 3.05) is 5.88 Å². The molecular formula is C14H18ClN3. The lowest BCUT2D eigenvalue weighted by Crippen LogP contribution is -2.30. The SMILES string of the molecule is CCC(CCl)(Cc1cn(C)nn1)c1ccccc1. The lowest BCUT2D eigenvalue weighted by atomic mass is 9.76. The number of hydrogen-bond donors (Lipinski definition) is 0. The van der Waals surface area contributed by atoms with Crippen molar-refractivity contribution in [3.05, 3.63) is 47.8 Å². The minimum absolute atomic E-state index is 0.0567. The largest absolute Gasteiger partial charge is 0.255 e. The molecule has 0 radical (unpaired) electrons. The Bertz CT molecular complexity index is 489. The van der Waals surface area contributed by atoms with Crippen molar-refractivity contribution >= 4 is 11.6 Å². The average molecular weight is 264 g/mol. The first kappa shape index (κ1) is 13.1. The van der Waals surface area contributed by atoms with E-state index >= 15 is 0 Å². The van der Waals surface area contributed by atoms with Gasteiger partial charge in [-0.3, -0.25) is 4.68 Å². The summed E-state index contributed by atoms with van der Waals surface area (Å²) in [6, 6.07) is 10.4. The van der Waals surface area contributed by atoms with Crippen molar-refractivity contribution in [2.45, 2.75) is 25.2 Å². The number of hydrogen-bond acceptors (Lipinski definition) is 2. The van der Waals surface area contributed by atoms with Crippen LogP contribution in [-0.2, 0) is 18.9 Å². The summed E-state index contributed by atoms with van der Waals surface area (Å²) < 4.78 is 1.73. The van der Waals surface area contributed by atoms with Gasteiger partial charge in [-0.1, -0.05) is 42.5 Å². The summed E-state index contributed by atoms with van der Waals surface area (Å²) in [4.78, 5) is 0. The van der Waals surface area contributed by atoms with E-state index in [1.54, 1.807) is 4.68 Å². The number of alkyl halides is 1. The monoisotopic (exact) mass is 263 g/mol. The van der Waals surface area contributed by atoms with Crippen molar-refractivity contribution < 1.29 is 0 Å². The summed E-state index contributed by atoms with van der Waals surface area (Å²) in [6.07, 6.45) is 3.77. The second kappa shape index (κ2) is 5.53. The third kappa shape index (κ3) is 2.56. The number of benzene rings is 1. The zero-order valence-electron chi connectivity index (χ0n) is 10.8. The van der Waals surface area contributed by atoms with Crippen molar-refractivity contribution in [3.8, 4) is 0 Å². The quantitative estimate of drug-likeness (QED) is 0.777. The van der Waals surface area contributed by atoms with Crippen LogP contribution in [0.25, 0.3) is 0 Å². The molecule has 0 N–H and O–H groups in total. The van der Waals surface area contributed by atoms with Gasteiger partial charge in [0.1, 0.15) is 0 Å². The molecule has 0 amide bonds. The highest BCUT2D eigenvalue weighted by Gasteiger charge is 2.30. The highest BCUT2D eigenvalue weighted by molar-refractivity contribution is 6.18. The molecule has 4 heteroatoms. The summed E-state index contributed by atoms with van der Waals surface area (Å²) in [5.41, 5.74) is 2.20. The van der Waals surface area contributed by atoms with Gasteiger partial charge in [0.05, 0.1) is 5.69 Å². The highest BCUT2D eigenvalue weighted by atomic mass is 35.5. The third-order valence-corrected chi connectivity index (χ3v) is 4.00. The van der Waals surface area contributed by atoms with Gasteiger partial charge in [-0.15, -0.1) is 16.7 Å². The highest BCUT2D eigenvalue weighted by Crippen LogP contribution is 2.32. The Kier molecular flexibility index (Phi) is 4.02. The standard InChI is InChI=1S/C14H18ClN3/c1-3-14(11-15,12-7-5-4-6-8-12)9-13-10-18(2)17-16-13/h4-8,10H,3,9,11H2,1-2H3. The van der Waals surface area contributed by atoms with E-state index in [2.05, 4.69) is 41.5 Å². The second-order valence-electron chi connectivity index (χ2n) is 4.69. The molecule has 0 saturated heterocycles. The van der Waals surface area contributed by atoms with Crippen molar-refractivity contribution in [1.82, 2.24) is 15.0 Å². The Labute approximate surface area is 113 Å². The molecule has 18 heavy (non-hydrogen) atoms. The van der Waals surface area contributed by atoms with Crippen LogP contribution in [0.1, 0.15) is 24.6 Å². The number of halogens is 1. The van der Waals surface area contributed by atoms with E-state index in [0.29, 0.717) is 5.88 Å². The molecule has 0 aliphatic carbocycles. The summed E-state index contributed by atoms with van der Waals surface area (Å²) >= 11 is 6.26. The zero-order valence-corrected chi connectivity index (χ0v) is 11.6. The molecule has 0 aliphatic rings. The Hall–Kier alpha value is -1.35. The Morgan fingerprint density at radius 1 is 1.28 bits per heavy atom. The molecule has 1 heterocycles. The first-order valence-corrected chi connectivity index (χ1v) is 6.70. The summed E-state index contributed by atoms with van der Waals surface area (Å²) in [6.45, 7) is 2.17. The Morgan fingerprint density at radius 2 is 2.00 bits per heavy atom. The van der Waals surface area contributed by atoms with Crippen molar-refractivity contribution in [1.29, 1.82) is 0 Å². The predicted molar refractivity (Wildman–Crippen MR) is 73.8 cm³/mol. The van der Waals surface area contributed by atoms with Crippen LogP contribution in [0.4, 0.5) is 0 Å². The summed E-state index contributed by atoms with van der Waals surface area (Å²) in [7, 11) is 1.88. The number of aryl methyl sites for hydroxylation is 1. The van der Waals surface area contributed by atoms with Crippen LogP contribution in [0.5, 0.6) is 0 Å². The molecule has 2 aromatic rings. The normalized spacial score (nSPS) is 14.4. The molecule has 0 fully saturated rings. The minimum atomic E-state index is -0.0567. The van der Waals surface area contributed by atoms with E-state index in [-0.39, 0.29) is 5.41 Å². The van der Waals surface area contributed by atoms with Crippen LogP contribution in [0.2, 0.25) is 0 Å². The fourth-order valence-electron chi connectivity index (χ4n) is 2.26. The lowest BCUT2D eigenvalue weighted by molar-refractivity contribution is 0.452. The van der Waals surface area contributed by atoms with Crippen LogP contribution in [0.3, 0.4) is 0 Å². The van der Waals surface area contributed by atoms with Gasteiger partial charge in [-0.25, -0.2) is 0 Å². The number of nitrogens with zero attached hydrogens (tertiary/aromatic N) is 3. The van der Waals surface area contributed by atoms with Crippen LogP contribution < -0.4 is 0 Å². The molecule has 1 atom stereocenters. The van der Waals surface area contributed by atoms with Gasteiger partial charge < -0.3 is 0 Å². The predicted octanol–water partition coefficient (Wildman–Crippen LogP) is 2.94. The molecular weight excluding hydrogens is 246 g/mol. The third-order valence-electron chi connectivity index (χ3n) is 3.49. The molecule has 1 aromatic heterocycles.